The van der Waals surface area contributed by atoms with Gasteiger partial charge >= 0.3 is 5.97 Å². The molecule has 0 atom stereocenters. The van der Waals surface area contributed by atoms with Crippen molar-refractivity contribution in [1.29, 1.82) is 0 Å². The summed E-state index contributed by atoms with van der Waals surface area (Å²) < 4.78 is 20.7. The zero-order chi connectivity index (χ0) is 21.3. The molecule has 0 saturated heterocycles. The molecule has 0 rings (SSSR count). The van der Waals surface area contributed by atoms with Crippen LogP contribution in [0.25, 0.3) is 0 Å². The van der Waals surface area contributed by atoms with Crippen LogP contribution in [0.15, 0.2) is 12.8 Å². The van der Waals surface area contributed by atoms with Crippen molar-refractivity contribution in [2.75, 3.05) is 39.6 Å². The molecule has 5 heteroatoms. The first-order chi connectivity index (χ1) is 14.3. The largest absolute Gasteiger partial charge is 0.499 e. The Bertz CT molecular complexity index is 346. The van der Waals surface area contributed by atoms with Gasteiger partial charge in [0, 0.05) is 6.42 Å². The van der Waals surface area contributed by atoms with Crippen LogP contribution in [-0.4, -0.2) is 45.6 Å². The molecule has 0 aliphatic carbocycles. The Morgan fingerprint density at radius 3 is 1.62 bits per heavy atom. The molecule has 0 unspecified atom stereocenters. The molecule has 0 amide bonds. The molecule has 0 aromatic heterocycles. The Morgan fingerprint density at radius 2 is 1.10 bits per heavy atom. The van der Waals surface area contributed by atoms with E-state index in [-0.39, 0.29) is 5.97 Å². The number of carbonyl (C=O) groups is 1. The standard InChI is InChI=1S/C24H46O5/c1-3-5-6-7-8-9-10-11-12-13-14-15-16-17-24(25)29-23-22-28-21-20-27-19-18-26-4-2/h4H,2-3,5-23H2,1H3. The van der Waals surface area contributed by atoms with E-state index in [9.17, 15) is 4.79 Å². The molecule has 0 radical (unpaired) electrons. The van der Waals surface area contributed by atoms with Gasteiger partial charge in [-0.2, -0.15) is 0 Å². The number of rotatable bonds is 24. The van der Waals surface area contributed by atoms with Gasteiger partial charge in [0.25, 0.3) is 0 Å². The van der Waals surface area contributed by atoms with E-state index in [1.54, 1.807) is 0 Å². The normalized spacial score (nSPS) is 10.8. The zero-order valence-electron chi connectivity index (χ0n) is 19.0. The maximum absolute atomic E-state index is 11.7. The molecule has 29 heavy (non-hydrogen) atoms. The molecule has 0 fully saturated rings. The van der Waals surface area contributed by atoms with E-state index in [2.05, 4.69) is 13.5 Å². The number of carbonyl (C=O) groups excluding carboxylic acids is 1. The molecule has 0 aliphatic rings. The van der Waals surface area contributed by atoms with E-state index in [0.29, 0.717) is 46.1 Å². The number of hydrogen-bond acceptors (Lipinski definition) is 5. The van der Waals surface area contributed by atoms with Crippen molar-refractivity contribution in [3.05, 3.63) is 12.8 Å². The Hall–Kier alpha value is -1.07. The summed E-state index contributed by atoms with van der Waals surface area (Å²) in [7, 11) is 0. The maximum atomic E-state index is 11.7. The first kappa shape index (κ1) is 27.9. The molecule has 0 saturated carbocycles. The van der Waals surface area contributed by atoms with Crippen LogP contribution in [-0.2, 0) is 23.7 Å². The second kappa shape index (κ2) is 25.0. The minimum Gasteiger partial charge on any atom is -0.499 e. The highest BCUT2D eigenvalue weighted by molar-refractivity contribution is 5.69. The second-order valence-electron chi connectivity index (χ2n) is 7.48. The van der Waals surface area contributed by atoms with Gasteiger partial charge in [0.15, 0.2) is 0 Å². The van der Waals surface area contributed by atoms with Gasteiger partial charge < -0.3 is 18.9 Å². The third-order valence-corrected chi connectivity index (χ3v) is 4.81. The summed E-state index contributed by atoms with van der Waals surface area (Å²) >= 11 is 0. The first-order valence-electron chi connectivity index (χ1n) is 11.8. The van der Waals surface area contributed by atoms with Gasteiger partial charge in [0.05, 0.1) is 32.7 Å². The van der Waals surface area contributed by atoms with Gasteiger partial charge in [-0.05, 0) is 6.42 Å². The average molecular weight is 415 g/mol. The molecular weight excluding hydrogens is 368 g/mol. The fourth-order valence-electron chi connectivity index (χ4n) is 3.09. The fourth-order valence-corrected chi connectivity index (χ4v) is 3.09. The summed E-state index contributed by atoms with van der Waals surface area (Å²) in [6.07, 6.45) is 18.9. The third kappa shape index (κ3) is 24.9. The predicted molar refractivity (Wildman–Crippen MR) is 119 cm³/mol. The molecule has 0 heterocycles. The molecule has 5 nitrogen and oxygen atoms in total. The molecule has 0 aliphatic heterocycles. The van der Waals surface area contributed by atoms with Crippen LogP contribution in [0.2, 0.25) is 0 Å². The van der Waals surface area contributed by atoms with Crippen molar-refractivity contribution in [3.8, 4) is 0 Å². The zero-order valence-corrected chi connectivity index (χ0v) is 19.0. The van der Waals surface area contributed by atoms with Gasteiger partial charge in [0.1, 0.15) is 13.2 Å². The van der Waals surface area contributed by atoms with Crippen LogP contribution in [0.4, 0.5) is 0 Å². The van der Waals surface area contributed by atoms with Gasteiger partial charge in [-0.25, -0.2) is 0 Å². The molecule has 172 valence electrons. The van der Waals surface area contributed by atoms with Crippen molar-refractivity contribution >= 4 is 5.97 Å². The van der Waals surface area contributed by atoms with Crippen LogP contribution in [0.5, 0.6) is 0 Å². The Balaban J connectivity index is 3.14. The minimum atomic E-state index is -0.116. The first-order valence-corrected chi connectivity index (χ1v) is 11.8. The van der Waals surface area contributed by atoms with Gasteiger partial charge in [-0.15, -0.1) is 0 Å². The number of ether oxygens (including phenoxy) is 4. The summed E-state index contributed by atoms with van der Waals surface area (Å²) in [6, 6.07) is 0. The van der Waals surface area contributed by atoms with Crippen LogP contribution in [0.1, 0.15) is 96.8 Å². The predicted octanol–water partition coefficient (Wildman–Crippen LogP) is 6.20. The smallest absolute Gasteiger partial charge is 0.305 e. The quantitative estimate of drug-likeness (QED) is 0.107. The minimum absolute atomic E-state index is 0.116. The summed E-state index contributed by atoms with van der Waals surface area (Å²) in [5.41, 5.74) is 0. The van der Waals surface area contributed by atoms with Crippen molar-refractivity contribution in [2.45, 2.75) is 96.8 Å². The Labute approximate surface area is 179 Å². The lowest BCUT2D eigenvalue weighted by Crippen LogP contribution is -2.13. The van der Waals surface area contributed by atoms with Crippen molar-refractivity contribution < 1.29 is 23.7 Å². The lowest BCUT2D eigenvalue weighted by atomic mass is 10.0. The van der Waals surface area contributed by atoms with Crippen LogP contribution >= 0.6 is 0 Å². The molecule has 0 bridgehead atoms. The third-order valence-electron chi connectivity index (χ3n) is 4.81. The monoisotopic (exact) mass is 414 g/mol. The lowest BCUT2D eigenvalue weighted by molar-refractivity contribution is -0.145. The average Bonchev–Trinajstić information content (AvgIpc) is 2.72. The van der Waals surface area contributed by atoms with Gasteiger partial charge in [-0.1, -0.05) is 90.6 Å². The van der Waals surface area contributed by atoms with E-state index in [1.807, 2.05) is 0 Å². The van der Waals surface area contributed by atoms with Gasteiger partial charge in [0.2, 0.25) is 0 Å². The van der Waals surface area contributed by atoms with Crippen molar-refractivity contribution in [2.24, 2.45) is 0 Å². The number of unbranched alkanes of at least 4 members (excludes halogenated alkanes) is 12. The van der Waals surface area contributed by atoms with Crippen LogP contribution in [0, 0.1) is 0 Å². The van der Waals surface area contributed by atoms with Crippen LogP contribution < -0.4 is 0 Å². The van der Waals surface area contributed by atoms with Crippen molar-refractivity contribution in [1.82, 2.24) is 0 Å². The Morgan fingerprint density at radius 1 is 0.655 bits per heavy atom. The summed E-state index contributed by atoms with van der Waals surface area (Å²) in [5, 5.41) is 0. The molecule has 0 aromatic carbocycles. The maximum Gasteiger partial charge on any atom is 0.305 e. The lowest BCUT2D eigenvalue weighted by Gasteiger charge is -2.07. The molecule has 0 aromatic rings. The SMILES string of the molecule is C=COCCOCCOCCOC(=O)CCCCCCCCCCCCCCC. The molecule has 0 N–H and O–H groups in total. The second-order valence-corrected chi connectivity index (χ2v) is 7.48. The summed E-state index contributed by atoms with van der Waals surface area (Å²) in [4.78, 5) is 11.7. The fraction of sp³-hybridized carbons (Fsp3) is 0.875. The van der Waals surface area contributed by atoms with E-state index in [0.717, 1.165) is 12.8 Å². The van der Waals surface area contributed by atoms with E-state index < -0.39 is 0 Å². The molecule has 0 spiro atoms. The number of hydrogen-bond donors (Lipinski definition) is 0. The van der Waals surface area contributed by atoms with Crippen molar-refractivity contribution in [3.63, 3.8) is 0 Å². The highest BCUT2D eigenvalue weighted by Crippen LogP contribution is 2.13. The van der Waals surface area contributed by atoms with Gasteiger partial charge in [-0.3, -0.25) is 4.79 Å². The van der Waals surface area contributed by atoms with E-state index in [4.69, 9.17) is 18.9 Å². The molecular formula is C24H46O5. The summed E-state index contributed by atoms with van der Waals surface area (Å²) in [6.45, 7) is 8.46. The highest BCUT2D eigenvalue weighted by atomic mass is 16.6. The number of esters is 1. The van der Waals surface area contributed by atoms with E-state index in [1.165, 1.54) is 76.9 Å². The van der Waals surface area contributed by atoms with E-state index >= 15 is 0 Å². The highest BCUT2D eigenvalue weighted by Gasteiger charge is 2.02. The van der Waals surface area contributed by atoms with Crippen LogP contribution in [0.3, 0.4) is 0 Å². The summed E-state index contributed by atoms with van der Waals surface area (Å²) in [5.74, 6) is -0.116. The Kier molecular flexibility index (Phi) is 24.0. The topological polar surface area (TPSA) is 54.0 Å².